The summed E-state index contributed by atoms with van der Waals surface area (Å²) in [5, 5.41) is 0. The molecule has 3 aliphatic carbocycles. The monoisotopic (exact) mass is 1620 g/mol. The van der Waals surface area contributed by atoms with Gasteiger partial charge in [0.1, 0.15) is 92.0 Å². The van der Waals surface area contributed by atoms with Gasteiger partial charge in [-0.15, -0.1) is 0 Å². The van der Waals surface area contributed by atoms with Crippen LogP contribution < -0.4 is 156 Å². The molecule has 0 bridgehead atoms. The average molecular weight is 1620 g/mol. The van der Waals surface area contributed by atoms with Crippen molar-refractivity contribution in [2.24, 2.45) is 0 Å². The van der Waals surface area contributed by atoms with Gasteiger partial charge in [0.25, 0.3) is 40.3 Å². The maximum Gasteiger partial charge on any atom is 0.261 e. The van der Waals surface area contributed by atoms with Crippen LogP contribution in [0.25, 0.3) is 11.1 Å². The highest BCUT2D eigenvalue weighted by atomic mass is 16.5. The van der Waals surface area contributed by atoms with E-state index >= 15 is 0 Å². The predicted molar refractivity (Wildman–Crippen MR) is 507 cm³/mol. The van der Waals surface area contributed by atoms with E-state index in [0.717, 1.165) is 224 Å². The molecule has 0 amide bonds. The molecule has 15 aliphatic heterocycles. The third-order valence-corrected chi connectivity index (χ3v) is 33.1. The van der Waals surface area contributed by atoms with Gasteiger partial charge in [-0.1, -0.05) is 202 Å². The second-order valence-electron chi connectivity index (χ2n) is 38.6. The summed E-state index contributed by atoms with van der Waals surface area (Å²) in [5.74, 6) is 15.0. The van der Waals surface area contributed by atoms with Crippen LogP contribution in [-0.2, 0) is 0 Å². The van der Waals surface area contributed by atoms with E-state index < -0.39 is 0 Å². The number of fused-ring (bicyclic) bond motifs is 40. The van der Waals surface area contributed by atoms with Crippen molar-refractivity contribution in [1.82, 2.24) is 0 Å². The largest absolute Gasteiger partial charge is 0.459 e. The molecule has 15 heterocycles. The highest BCUT2D eigenvalue weighted by Crippen LogP contribution is 2.63. The molecule has 3 fully saturated rings. The second kappa shape index (κ2) is 23.4. The minimum absolute atomic E-state index is 0.0865. The van der Waals surface area contributed by atoms with E-state index in [1.165, 1.54) is 112 Å². The molecule has 126 heavy (non-hydrogen) atoms. The van der Waals surface area contributed by atoms with Gasteiger partial charge < -0.3 is 57.5 Å². The fourth-order valence-electron chi connectivity index (χ4n) is 28.5. The van der Waals surface area contributed by atoms with Crippen molar-refractivity contribution < 1.29 is 37.9 Å². The van der Waals surface area contributed by atoms with Crippen LogP contribution in [0.5, 0.6) is 92.0 Å². The van der Waals surface area contributed by atoms with Crippen molar-refractivity contribution in [3.05, 3.63) is 271 Å². The molecule has 6 atom stereocenters. The van der Waals surface area contributed by atoms with Crippen LogP contribution in [-0.4, -0.2) is 58.4 Å². The molecule has 15 aromatic carbocycles. The summed E-state index contributed by atoms with van der Waals surface area (Å²) in [6.07, 6.45) is 14.0. The molecule has 3 saturated carbocycles. The van der Waals surface area contributed by atoms with Gasteiger partial charge in [-0.2, -0.15) is 0 Å². The number of rotatable bonds is 2. The number of hydrogen-bond acceptors (Lipinski definition) is 12. The Hall–Kier alpha value is -13.7. The molecule has 18 aliphatic rings. The van der Waals surface area contributed by atoms with Gasteiger partial charge in [0.05, 0.1) is 0 Å². The summed E-state index contributed by atoms with van der Waals surface area (Å²) in [4.78, 5) is 11.0. The third kappa shape index (κ3) is 8.06. The van der Waals surface area contributed by atoms with Crippen molar-refractivity contribution in [3.8, 4) is 103 Å². The summed E-state index contributed by atoms with van der Waals surface area (Å²) >= 11 is 0. The van der Waals surface area contributed by atoms with Crippen molar-refractivity contribution in [3.63, 3.8) is 0 Å². The van der Waals surface area contributed by atoms with Crippen LogP contribution in [0, 0.1) is 0 Å². The van der Waals surface area contributed by atoms with Crippen LogP contribution >= 0.6 is 0 Å². The Labute approximate surface area is 730 Å². The predicted octanol–water partition coefficient (Wildman–Crippen LogP) is 13.6. The van der Waals surface area contributed by atoms with Crippen LogP contribution in [0.3, 0.4) is 0 Å². The molecule has 0 radical (unpaired) electrons. The molecular formula is C108H72B6N4O8. The van der Waals surface area contributed by atoms with E-state index in [2.05, 4.69) is 274 Å². The lowest BCUT2D eigenvalue weighted by atomic mass is 9.28. The zero-order chi connectivity index (χ0) is 80.8. The molecule has 0 spiro atoms. The molecule has 12 nitrogen and oxygen atoms in total. The zero-order valence-corrected chi connectivity index (χ0v) is 68.7. The lowest BCUT2D eigenvalue weighted by Gasteiger charge is -2.48. The van der Waals surface area contributed by atoms with Crippen LogP contribution in [0.2, 0.25) is 0 Å². The van der Waals surface area contributed by atoms with Crippen LogP contribution in [0.1, 0.15) is 111 Å². The van der Waals surface area contributed by atoms with Gasteiger partial charge in [0.15, 0.2) is 0 Å². The summed E-state index contributed by atoms with van der Waals surface area (Å²) in [7, 11) is 0. The molecule has 6 unspecified atom stereocenters. The van der Waals surface area contributed by atoms with Crippen LogP contribution in [0.4, 0.5) is 51.2 Å². The number of ether oxygens (including phenoxy) is 8. The second-order valence-corrected chi connectivity index (χ2v) is 38.6. The number of hydrogen-bond donors (Lipinski definition) is 0. The normalized spacial score (nSPS) is 20.8. The van der Waals surface area contributed by atoms with Gasteiger partial charge in [0, 0.05) is 133 Å². The van der Waals surface area contributed by atoms with E-state index in [-0.39, 0.29) is 52.4 Å². The zero-order valence-electron chi connectivity index (χ0n) is 68.7. The Balaban J connectivity index is 0.563. The van der Waals surface area contributed by atoms with Gasteiger partial charge in [-0.25, -0.2) is 0 Å². The highest BCUT2D eigenvalue weighted by molar-refractivity contribution is 7.07. The first kappa shape index (κ1) is 66.8. The van der Waals surface area contributed by atoms with Gasteiger partial charge in [-0.05, 0) is 210 Å². The van der Waals surface area contributed by atoms with Crippen molar-refractivity contribution in [2.45, 2.75) is 113 Å². The van der Waals surface area contributed by atoms with E-state index in [1.54, 1.807) is 11.1 Å². The standard InChI is InChI=1S/C108H72B6N4O8/c1-2-22-57(23-3-1)115-75-47-44-61-58-24-4-13-33-72(58)116-77-53-90-99-106(94(77)113(92(75)102(61)116)93-76(115)51-88-97-105(93)123-82-38-18-9-29-66(82)109(97)64-27-7-16-36-80(64)119-88)124-84-40-20-11-31-68(84)111(99)70-45-42-55(48-86(70)121-90)56-43-46-71-87(49-56)122-91-54-79-96(108-100(91)112(71)69-32-12-21-41-85(69)126-108)114-95-78(52-89-98-107(95)125-83-39-19-10-30-67(83)110(98)65-28-8-17-37-81(65)120-89)117-73-34-14-5-25-59(73)62-50-63-60-26-6-15-35-74(60)118(79)104(63)101(114)103(62)117/h1-3,7-12,16-23,27-32,36-54,58-60,72-74H,4-6,13-15,24-26,33-35H2. The fraction of sp³-hybridized carbons (Fsp3) is 0.167. The minimum Gasteiger partial charge on any atom is -0.459 e. The van der Waals surface area contributed by atoms with Gasteiger partial charge in [-0.3, -0.25) is 0 Å². The molecule has 590 valence electrons. The molecule has 15 aromatic rings. The van der Waals surface area contributed by atoms with Gasteiger partial charge in [0.2, 0.25) is 0 Å². The Morgan fingerprint density at radius 2 is 0.532 bits per heavy atom. The maximum atomic E-state index is 7.89. The lowest BCUT2D eigenvalue weighted by Crippen LogP contribution is -2.67. The van der Waals surface area contributed by atoms with Gasteiger partial charge >= 0.3 is 0 Å². The van der Waals surface area contributed by atoms with Crippen molar-refractivity contribution in [1.29, 1.82) is 0 Å². The first-order valence-corrected chi connectivity index (χ1v) is 46.2. The van der Waals surface area contributed by atoms with E-state index in [0.29, 0.717) is 23.8 Å². The quantitative estimate of drug-likeness (QED) is 0.155. The molecule has 0 N–H and O–H groups in total. The lowest BCUT2D eigenvalue weighted by molar-refractivity contribution is 0.396. The number of nitrogens with zero attached hydrogens (tertiary/aromatic N) is 4. The maximum absolute atomic E-state index is 7.89. The molecular weight excluding hydrogens is 1550 g/mol. The molecule has 33 rings (SSSR count). The molecule has 18 heteroatoms. The average Bonchev–Trinajstić information content (AvgIpc) is 1.27. The highest BCUT2D eigenvalue weighted by Gasteiger charge is 2.63. The smallest absolute Gasteiger partial charge is 0.261 e. The Bertz CT molecular complexity index is 7690. The van der Waals surface area contributed by atoms with E-state index in [9.17, 15) is 0 Å². The Morgan fingerprint density at radius 3 is 0.937 bits per heavy atom. The van der Waals surface area contributed by atoms with Crippen molar-refractivity contribution >= 4 is 190 Å². The molecule has 0 aromatic heterocycles. The Morgan fingerprint density at radius 1 is 0.214 bits per heavy atom. The summed E-state index contributed by atoms with van der Waals surface area (Å²) in [5.41, 5.74) is 38.4. The third-order valence-electron chi connectivity index (χ3n) is 33.1. The minimum atomic E-state index is -0.334. The van der Waals surface area contributed by atoms with E-state index in [4.69, 9.17) is 37.9 Å². The topological polar surface area (TPSA) is 86.8 Å². The van der Waals surface area contributed by atoms with Crippen LogP contribution in [0.15, 0.2) is 255 Å². The number of para-hydroxylation sites is 7. The first-order chi connectivity index (χ1) is 62.5. The number of anilines is 9. The Kier molecular flexibility index (Phi) is 12.4. The first-order valence-electron chi connectivity index (χ1n) is 46.2. The number of benzene rings is 15. The molecule has 0 saturated heterocycles. The van der Waals surface area contributed by atoms with Crippen molar-refractivity contribution in [2.75, 3.05) is 19.6 Å². The summed E-state index contributed by atoms with van der Waals surface area (Å²) in [6.45, 7) is -1.23. The summed E-state index contributed by atoms with van der Waals surface area (Å²) < 4.78 is 61.3. The SMILES string of the molecule is c1ccc(N2c3cc4c5c(c3B3c6c(cc7c8c6Oc6ccccc6B8c6ccc(-c8ccc9c(c8)Oc8cc%10c(c%11c8B9c8ccccc8O%11)B8c9c(cc%11c%12c9Oc9ccccc9B%12c9ccccc9O%11)N9c%11c(cc%12c(c%118)N%10C8CCCCC%128)C8CCCCC89)cc6O7)N6c7c(ccc2c73)C2CCCCC26)Oc2ccccc2B5c2ccccc2O4)cc1. The fourth-order valence-corrected chi connectivity index (χ4v) is 28.5. The summed E-state index contributed by atoms with van der Waals surface area (Å²) in [6, 6.07) is 95.5. The van der Waals surface area contributed by atoms with E-state index in [1.807, 2.05) is 0 Å².